The van der Waals surface area contributed by atoms with Crippen LogP contribution in [-0.4, -0.2) is 5.91 Å². The number of hydrogen-bond acceptors (Lipinski definition) is 1. The lowest BCUT2D eigenvalue weighted by Crippen LogP contribution is -2.10. The number of benzene rings is 1. The third-order valence-electron chi connectivity index (χ3n) is 3.55. The maximum atomic E-state index is 11.8. The Bertz CT molecular complexity index is 514. The number of nitrogens with one attached hydrogen (secondary N) is 1. The normalized spacial score (nSPS) is 21.9. The highest BCUT2D eigenvalue weighted by Crippen LogP contribution is 2.15. The van der Waals surface area contributed by atoms with Crippen molar-refractivity contribution in [2.75, 3.05) is 5.32 Å². The molecule has 0 aliphatic carbocycles. The average Bonchev–Trinajstić information content (AvgIpc) is 2.42. The molecule has 1 aromatic rings. The van der Waals surface area contributed by atoms with E-state index in [0.29, 0.717) is 6.42 Å². The molecule has 2 bridgehead atoms. The van der Waals surface area contributed by atoms with Gasteiger partial charge in [0, 0.05) is 12.1 Å². The van der Waals surface area contributed by atoms with Crippen LogP contribution in [-0.2, 0) is 11.2 Å². The van der Waals surface area contributed by atoms with Gasteiger partial charge in [-0.3, -0.25) is 4.79 Å². The Kier molecular flexibility index (Phi) is 5.60. The van der Waals surface area contributed by atoms with Gasteiger partial charge in [-0.2, -0.15) is 0 Å². The predicted octanol–water partition coefficient (Wildman–Crippen LogP) is 4.63. The van der Waals surface area contributed by atoms with Crippen molar-refractivity contribution in [1.82, 2.24) is 0 Å². The number of aryl methyl sites for hydroxylation is 1. The fourth-order valence-corrected chi connectivity index (χ4v) is 2.38. The summed E-state index contributed by atoms with van der Waals surface area (Å²) in [6.07, 6.45) is 12.3. The van der Waals surface area contributed by atoms with Crippen LogP contribution in [0.3, 0.4) is 0 Å². The highest BCUT2D eigenvalue weighted by molar-refractivity contribution is 5.90. The first kappa shape index (κ1) is 14.6. The molecule has 0 saturated heterocycles. The summed E-state index contributed by atoms with van der Waals surface area (Å²) < 4.78 is 0. The number of carbonyl (C=O) groups is 1. The Balaban J connectivity index is 2.10. The molecule has 1 aliphatic rings. The molecule has 0 aromatic heterocycles. The Morgan fingerprint density at radius 1 is 1.00 bits per heavy atom. The van der Waals surface area contributed by atoms with E-state index in [-0.39, 0.29) is 5.91 Å². The largest absolute Gasteiger partial charge is 0.326 e. The number of carbonyl (C=O) groups excluding carboxylic acids is 1. The SMILES string of the molecule is C/C1=C\CCc2cccc(c2)NC(=O)CC/C=C/CC1. The molecule has 0 radical (unpaired) electrons. The molecule has 1 amide bonds. The van der Waals surface area contributed by atoms with E-state index < -0.39 is 0 Å². The third-order valence-corrected chi connectivity index (χ3v) is 3.55. The zero-order chi connectivity index (χ0) is 14.2. The molecule has 1 heterocycles. The second kappa shape index (κ2) is 7.68. The highest BCUT2D eigenvalue weighted by atomic mass is 16.1. The fourth-order valence-electron chi connectivity index (χ4n) is 2.38. The van der Waals surface area contributed by atoms with Crippen molar-refractivity contribution >= 4 is 11.6 Å². The maximum Gasteiger partial charge on any atom is 0.224 e. The standard InChI is InChI=1S/C18H23NO/c1-15-8-4-2-3-5-13-18(20)19-17-12-7-11-16(14-17)10-6-9-15/h2-3,7,9,11-12,14H,4-6,8,10,13H2,1H3,(H,19,20)/b3-2+,15-9+. The molecule has 106 valence electrons. The highest BCUT2D eigenvalue weighted by Gasteiger charge is 2.02. The molecule has 2 rings (SSSR count). The first-order valence-corrected chi connectivity index (χ1v) is 7.43. The molecule has 0 atom stereocenters. The van der Waals surface area contributed by atoms with E-state index in [4.69, 9.17) is 0 Å². The number of fused-ring (bicyclic) bond motifs is 2. The van der Waals surface area contributed by atoms with E-state index in [2.05, 4.69) is 42.6 Å². The van der Waals surface area contributed by atoms with Gasteiger partial charge in [-0.1, -0.05) is 35.9 Å². The molecule has 2 nitrogen and oxygen atoms in total. The van der Waals surface area contributed by atoms with E-state index in [1.165, 1.54) is 11.1 Å². The predicted molar refractivity (Wildman–Crippen MR) is 84.8 cm³/mol. The summed E-state index contributed by atoms with van der Waals surface area (Å²) in [5.41, 5.74) is 3.64. The molecular formula is C18H23NO. The van der Waals surface area contributed by atoms with Gasteiger partial charge in [0.1, 0.15) is 0 Å². The van der Waals surface area contributed by atoms with Gasteiger partial charge in [-0.05, 0) is 56.7 Å². The van der Waals surface area contributed by atoms with Gasteiger partial charge >= 0.3 is 0 Å². The van der Waals surface area contributed by atoms with Crippen LogP contribution in [0.4, 0.5) is 5.69 Å². The van der Waals surface area contributed by atoms with Gasteiger partial charge in [-0.15, -0.1) is 0 Å². The molecule has 20 heavy (non-hydrogen) atoms. The van der Waals surface area contributed by atoms with Crippen LogP contribution in [0.5, 0.6) is 0 Å². The zero-order valence-electron chi connectivity index (χ0n) is 12.2. The quantitative estimate of drug-likeness (QED) is 0.683. The van der Waals surface area contributed by atoms with Crippen molar-refractivity contribution < 1.29 is 4.79 Å². The van der Waals surface area contributed by atoms with Gasteiger partial charge in [0.2, 0.25) is 5.91 Å². The van der Waals surface area contributed by atoms with Crippen LogP contribution in [0.25, 0.3) is 0 Å². The van der Waals surface area contributed by atoms with Crippen LogP contribution < -0.4 is 5.32 Å². The van der Waals surface area contributed by atoms with Gasteiger partial charge < -0.3 is 5.32 Å². The maximum absolute atomic E-state index is 11.8. The lowest BCUT2D eigenvalue weighted by molar-refractivity contribution is -0.116. The van der Waals surface area contributed by atoms with E-state index in [1.54, 1.807) is 0 Å². The topological polar surface area (TPSA) is 29.1 Å². The first-order valence-electron chi connectivity index (χ1n) is 7.43. The smallest absolute Gasteiger partial charge is 0.224 e. The molecule has 0 fully saturated rings. The molecule has 0 saturated carbocycles. The molecule has 2 heteroatoms. The summed E-state index contributed by atoms with van der Waals surface area (Å²) in [5.74, 6) is 0.0935. The summed E-state index contributed by atoms with van der Waals surface area (Å²) in [7, 11) is 0. The minimum absolute atomic E-state index is 0.0935. The average molecular weight is 269 g/mol. The molecule has 0 spiro atoms. The lowest BCUT2D eigenvalue weighted by atomic mass is 10.1. The minimum atomic E-state index is 0.0935. The summed E-state index contributed by atoms with van der Waals surface area (Å²) in [6.45, 7) is 2.20. The van der Waals surface area contributed by atoms with E-state index in [1.807, 2.05) is 12.1 Å². The van der Waals surface area contributed by atoms with Crippen LogP contribution in [0.2, 0.25) is 0 Å². The van der Waals surface area contributed by atoms with Crippen molar-refractivity contribution in [3.8, 4) is 0 Å². The van der Waals surface area contributed by atoms with E-state index in [0.717, 1.165) is 37.8 Å². The third kappa shape index (κ3) is 5.04. The second-order valence-electron chi connectivity index (χ2n) is 5.39. The molecule has 1 aliphatic heterocycles. The number of rotatable bonds is 0. The number of anilines is 1. The number of allylic oxidation sites excluding steroid dienone is 4. The van der Waals surface area contributed by atoms with Crippen molar-refractivity contribution in [1.29, 1.82) is 0 Å². The van der Waals surface area contributed by atoms with Crippen LogP contribution in [0.15, 0.2) is 48.1 Å². The van der Waals surface area contributed by atoms with Crippen molar-refractivity contribution in [3.63, 3.8) is 0 Å². The Morgan fingerprint density at radius 2 is 1.80 bits per heavy atom. The summed E-state index contributed by atoms with van der Waals surface area (Å²) in [5, 5.41) is 2.97. The van der Waals surface area contributed by atoms with Gasteiger partial charge in [0.25, 0.3) is 0 Å². The number of hydrogen-bond donors (Lipinski definition) is 1. The van der Waals surface area contributed by atoms with Gasteiger partial charge in [-0.25, -0.2) is 0 Å². The molecular weight excluding hydrogens is 246 g/mol. The Hall–Kier alpha value is -1.83. The zero-order valence-corrected chi connectivity index (χ0v) is 12.2. The van der Waals surface area contributed by atoms with Gasteiger partial charge in [0.15, 0.2) is 0 Å². The van der Waals surface area contributed by atoms with Crippen LogP contribution in [0, 0.1) is 0 Å². The minimum Gasteiger partial charge on any atom is -0.326 e. The first-order chi connectivity index (χ1) is 9.74. The summed E-state index contributed by atoms with van der Waals surface area (Å²) in [4.78, 5) is 11.8. The molecule has 1 N–H and O–H groups in total. The second-order valence-corrected chi connectivity index (χ2v) is 5.39. The lowest BCUT2D eigenvalue weighted by Gasteiger charge is -2.06. The van der Waals surface area contributed by atoms with Crippen molar-refractivity contribution in [2.45, 2.75) is 45.4 Å². The Labute approximate surface area is 121 Å². The Morgan fingerprint density at radius 3 is 2.65 bits per heavy atom. The van der Waals surface area contributed by atoms with E-state index >= 15 is 0 Å². The van der Waals surface area contributed by atoms with Gasteiger partial charge in [0.05, 0.1) is 0 Å². The summed E-state index contributed by atoms with van der Waals surface area (Å²) >= 11 is 0. The van der Waals surface area contributed by atoms with E-state index in [9.17, 15) is 4.79 Å². The molecule has 0 unspecified atom stereocenters. The number of amides is 1. The summed E-state index contributed by atoms with van der Waals surface area (Å²) in [6, 6.07) is 8.17. The van der Waals surface area contributed by atoms with Crippen LogP contribution >= 0.6 is 0 Å². The molecule has 1 aromatic carbocycles. The fraction of sp³-hybridized carbons (Fsp3) is 0.389. The van der Waals surface area contributed by atoms with Crippen molar-refractivity contribution in [2.24, 2.45) is 0 Å². The van der Waals surface area contributed by atoms with Crippen LogP contribution in [0.1, 0.15) is 44.6 Å². The monoisotopic (exact) mass is 269 g/mol. The van der Waals surface area contributed by atoms with Crippen molar-refractivity contribution in [3.05, 3.63) is 53.6 Å².